The highest BCUT2D eigenvalue weighted by molar-refractivity contribution is 6.07. The minimum atomic E-state index is -0.232. The standard InChI is InChI=1S/C16H21N5O/c1-10(2)14-18-11(3)9-13(19-14)20-16(22)12-7-6-8-17-15(12)21(4)5/h6-10H,1-5H3,(H,18,19,20,22). The lowest BCUT2D eigenvalue weighted by molar-refractivity contribution is 0.102. The highest BCUT2D eigenvalue weighted by atomic mass is 16.1. The highest BCUT2D eigenvalue weighted by Gasteiger charge is 2.15. The van der Waals surface area contributed by atoms with E-state index in [-0.39, 0.29) is 11.8 Å². The molecule has 0 aliphatic carbocycles. The van der Waals surface area contributed by atoms with Gasteiger partial charge in [-0.15, -0.1) is 0 Å². The molecule has 0 aromatic carbocycles. The summed E-state index contributed by atoms with van der Waals surface area (Å²) in [6.07, 6.45) is 1.66. The minimum absolute atomic E-state index is 0.200. The fourth-order valence-corrected chi connectivity index (χ4v) is 2.03. The molecule has 116 valence electrons. The van der Waals surface area contributed by atoms with Crippen molar-refractivity contribution in [3.05, 3.63) is 41.5 Å². The van der Waals surface area contributed by atoms with Crippen molar-refractivity contribution in [1.82, 2.24) is 15.0 Å². The lowest BCUT2D eigenvalue weighted by Gasteiger charge is -2.15. The van der Waals surface area contributed by atoms with Crippen LogP contribution in [0.5, 0.6) is 0 Å². The molecule has 2 aromatic heterocycles. The molecule has 6 nitrogen and oxygen atoms in total. The zero-order valence-electron chi connectivity index (χ0n) is 13.6. The van der Waals surface area contributed by atoms with Crippen molar-refractivity contribution in [2.45, 2.75) is 26.7 Å². The van der Waals surface area contributed by atoms with Crippen LogP contribution in [-0.4, -0.2) is 35.0 Å². The monoisotopic (exact) mass is 299 g/mol. The average molecular weight is 299 g/mol. The molecule has 0 spiro atoms. The number of amides is 1. The number of hydrogen-bond acceptors (Lipinski definition) is 5. The Bertz CT molecular complexity index is 682. The van der Waals surface area contributed by atoms with E-state index in [1.165, 1.54) is 0 Å². The van der Waals surface area contributed by atoms with Gasteiger partial charge < -0.3 is 10.2 Å². The summed E-state index contributed by atoms with van der Waals surface area (Å²) in [5.74, 6) is 1.81. The molecule has 2 aromatic rings. The van der Waals surface area contributed by atoms with E-state index in [2.05, 4.69) is 20.3 Å². The summed E-state index contributed by atoms with van der Waals surface area (Å²) in [6, 6.07) is 5.25. The molecule has 0 unspecified atom stereocenters. The zero-order chi connectivity index (χ0) is 16.3. The summed E-state index contributed by atoms with van der Waals surface area (Å²) in [6.45, 7) is 5.93. The van der Waals surface area contributed by atoms with Crippen LogP contribution in [0.2, 0.25) is 0 Å². The van der Waals surface area contributed by atoms with E-state index in [0.29, 0.717) is 23.0 Å². The third-order valence-electron chi connectivity index (χ3n) is 3.08. The first-order valence-electron chi connectivity index (χ1n) is 7.17. The van der Waals surface area contributed by atoms with Gasteiger partial charge in [0.05, 0.1) is 5.56 Å². The molecule has 0 saturated carbocycles. The third kappa shape index (κ3) is 3.58. The number of nitrogens with one attached hydrogen (secondary N) is 1. The van der Waals surface area contributed by atoms with Gasteiger partial charge in [-0.1, -0.05) is 13.8 Å². The number of nitrogens with zero attached hydrogens (tertiary/aromatic N) is 4. The molecule has 1 amide bonds. The van der Waals surface area contributed by atoms with Crippen molar-refractivity contribution >= 4 is 17.5 Å². The average Bonchev–Trinajstić information content (AvgIpc) is 2.46. The number of carbonyl (C=O) groups is 1. The van der Waals surface area contributed by atoms with Gasteiger partial charge >= 0.3 is 0 Å². The summed E-state index contributed by atoms with van der Waals surface area (Å²) >= 11 is 0. The van der Waals surface area contributed by atoms with Gasteiger partial charge in [0, 0.05) is 38.0 Å². The summed E-state index contributed by atoms with van der Waals surface area (Å²) in [5, 5.41) is 2.83. The van der Waals surface area contributed by atoms with Crippen LogP contribution in [0.15, 0.2) is 24.4 Å². The quantitative estimate of drug-likeness (QED) is 0.939. The molecule has 0 aliphatic rings. The van der Waals surface area contributed by atoms with Gasteiger partial charge in [-0.25, -0.2) is 15.0 Å². The molecule has 0 radical (unpaired) electrons. The Hall–Kier alpha value is -2.50. The van der Waals surface area contributed by atoms with Crippen LogP contribution in [0, 0.1) is 6.92 Å². The van der Waals surface area contributed by atoms with E-state index in [1.54, 1.807) is 29.3 Å². The molecule has 6 heteroatoms. The lowest BCUT2D eigenvalue weighted by atomic mass is 10.2. The van der Waals surface area contributed by atoms with Crippen molar-refractivity contribution in [2.24, 2.45) is 0 Å². The Kier molecular flexibility index (Phi) is 4.70. The fraction of sp³-hybridized carbons (Fsp3) is 0.375. The van der Waals surface area contributed by atoms with Crippen LogP contribution in [0.1, 0.15) is 41.6 Å². The highest BCUT2D eigenvalue weighted by Crippen LogP contribution is 2.18. The fourth-order valence-electron chi connectivity index (χ4n) is 2.03. The second-order valence-corrected chi connectivity index (χ2v) is 5.63. The number of pyridine rings is 1. The summed E-state index contributed by atoms with van der Waals surface area (Å²) in [5.41, 5.74) is 1.34. The van der Waals surface area contributed by atoms with Gasteiger partial charge in [0.15, 0.2) is 0 Å². The van der Waals surface area contributed by atoms with Crippen LogP contribution in [0.25, 0.3) is 0 Å². The van der Waals surface area contributed by atoms with Crippen molar-refractivity contribution in [2.75, 3.05) is 24.3 Å². The third-order valence-corrected chi connectivity index (χ3v) is 3.08. The molecule has 2 heterocycles. The molecule has 0 atom stereocenters. The van der Waals surface area contributed by atoms with Gasteiger partial charge in [-0.2, -0.15) is 0 Å². The summed E-state index contributed by atoms with van der Waals surface area (Å²) in [7, 11) is 3.70. The van der Waals surface area contributed by atoms with Crippen LogP contribution in [-0.2, 0) is 0 Å². The Labute approximate surface area is 130 Å². The maximum Gasteiger partial charge on any atom is 0.260 e. The van der Waals surface area contributed by atoms with E-state index in [1.807, 2.05) is 34.9 Å². The van der Waals surface area contributed by atoms with Crippen LogP contribution in [0.4, 0.5) is 11.6 Å². The maximum atomic E-state index is 12.5. The van der Waals surface area contributed by atoms with Gasteiger partial charge in [0.1, 0.15) is 17.5 Å². The first-order chi connectivity index (χ1) is 10.4. The number of hydrogen-bond donors (Lipinski definition) is 1. The molecule has 1 N–H and O–H groups in total. The number of rotatable bonds is 4. The van der Waals surface area contributed by atoms with E-state index in [0.717, 1.165) is 5.69 Å². The normalized spacial score (nSPS) is 10.6. The molecule has 0 fully saturated rings. The molecular formula is C16H21N5O. The second-order valence-electron chi connectivity index (χ2n) is 5.63. The number of aryl methyl sites for hydroxylation is 1. The molecule has 0 aliphatic heterocycles. The van der Waals surface area contributed by atoms with Crippen LogP contribution >= 0.6 is 0 Å². The van der Waals surface area contributed by atoms with E-state index in [4.69, 9.17) is 0 Å². The van der Waals surface area contributed by atoms with Gasteiger partial charge in [0.2, 0.25) is 0 Å². The molecule has 22 heavy (non-hydrogen) atoms. The number of aromatic nitrogens is 3. The Morgan fingerprint density at radius 2 is 2.00 bits per heavy atom. The topological polar surface area (TPSA) is 71.0 Å². The van der Waals surface area contributed by atoms with E-state index < -0.39 is 0 Å². The SMILES string of the molecule is Cc1cc(NC(=O)c2cccnc2N(C)C)nc(C(C)C)n1. The minimum Gasteiger partial charge on any atom is -0.362 e. The van der Waals surface area contributed by atoms with Gasteiger partial charge in [-0.3, -0.25) is 4.79 Å². The summed E-state index contributed by atoms with van der Waals surface area (Å²) < 4.78 is 0. The summed E-state index contributed by atoms with van der Waals surface area (Å²) in [4.78, 5) is 27.3. The number of carbonyl (C=O) groups excluding carboxylic acids is 1. The zero-order valence-corrected chi connectivity index (χ0v) is 13.6. The van der Waals surface area contributed by atoms with Crippen molar-refractivity contribution < 1.29 is 4.79 Å². The van der Waals surface area contributed by atoms with Crippen LogP contribution < -0.4 is 10.2 Å². The maximum absolute atomic E-state index is 12.5. The van der Waals surface area contributed by atoms with Crippen molar-refractivity contribution in [1.29, 1.82) is 0 Å². The number of anilines is 2. The van der Waals surface area contributed by atoms with E-state index >= 15 is 0 Å². The molecular weight excluding hydrogens is 278 g/mol. The van der Waals surface area contributed by atoms with Crippen LogP contribution in [0.3, 0.4) is 0 Å². The van der Waals surface area contributed by atoms with Gasteiger partial charge in [-0.05, 0) is 19.1 Å². The predicted octanol–water partition coefficient (Wildman–Crippen LogP) is 2.62. The lowest BCUT2D eigenvalue weighted by Crippen LogP contribution is -2.20. The van der Waals surface area contributed by atoms with Crippen molar-refractivity contribution in [3.8, 4) is 0 Å². The molecule has 0 saturated heterocycles. The van der Waals surface area contributed by atoms with Crippen molar-refractivity contribution in [3.63, 3.8) is 0 Å². The van der Waals surface area contributed by atoms with E-state index in [9.17, 15) is 4.79 Å². The second kappa shape index (κ2) is 6.51. The largest absolute Gasteiger partial charge is 0.362 e. The molecule has 2 rings (SSSR count). The first-order valence-corrected chi connectivity index (χ1v) is 7.17. The Balaban J connectivity index is 2.30. The van der Waals surface area contributed by atoms with Gasteiger partial charge in [0.25, 0.3) is 5.91 Å². The Morgan fingerprint density at radius 3 is 2.64 bits per heavy atom. The first kappa shape index (κ1) is 15.9. The molecule has 0 bridgehead atoms. The smallest absolute Gasteiger partial charge is 0.260 e. The Morgan fingerprint density at radius 1 is 1.27 bits per heavy atom. The predicted molar refractivity (Wildman–Crippen MR) is 87.4 cm³/mol.